The van der Waals surface area contributed by atoms with Crippen molar-refractivity contribution in [3.05, 3.63) is 52.4 Å². The van der Waals surface area contributed by atoms with E-state index in [0.717, 1.165) is 55.5 Å². The number of carbonyl (C=O) groups is 1. The lowest BCUT2D eigenvalue weighted by Gasteiger charge is -2.48. The highest BCUT2D eigenvalue weighted by Gasteiger charge is 2.56. The Kier molecular flexibility index (Phi) is 4.23. The summed E-state index contributed by atoms with van der Waals surface area (Å²) in [6, 6.07) is 5.90. The van der Waals surface area contributed by atoms with Crippen LogP contribution in [0, 0.1) is 24.2 Å². The van der Waals surface area contributed by atoms with Crippen molar-refractivity contribution in [2.24, 2.45) is 17.3 Å². The average molecular weight is 391 g/mol. The number of aryl methyl sites for hydroxylation is 3. The van der Waals surface area contributed by atoms with Crippen molar-refractivity contribution >= 4 is 11.9 Å². The predicted octanol–water partition coefficient (Wildman–Crippen LogP) is 5.04. The van der Waals surface area contributed by atoms with Gasteiger partial charge in [-0.3, -0.25) is 9.48 Å². The molecule has 0 radical (unpaired) electrons. The first-order valence-corrected chi connectivity index (χ1v) is 11.0. The molecule has 1 N–H and O–H groups in total. The van der Waals surface area contributed by atoms with Crippen molar-refractivity contribution in [2.45, 2.75) is 65.3 Å². The molecule has 0 aliphatic heterocycles. The second kappa shape index (κ2) is 6.58. The van der Waals surface area contributed by atoms with E-state index in [2.05, 4.69) is 37.3 Å². The highest BCUT2D eigenvalue weighted by atomic mass is 16.3. The summed E-state index contributed by atoms with van der Waals surface area (Å²) in [7, 11) is 0. The minimum absolute atomic E-state index is 0.226. The molecule has 152 valence electrons. The lowest BCUT2D eigenvalue weighted by Crippen LogP contribution is -2.42. The predicted molar refractivity (Wildman–Crippen MR) is 114 cm³/mol. The SMILES string of the molecule is CCn1cc(/C=C2/C[C@H]3[C@H]4CCc5cc(O)ccc5[C@@H]4CC[C@]3(C)C2=O)c(C)n1. The van der Waals surface area contributed by atoms with Crippen LogP contribution in [0.25, 0.3) is 6.08 Å². The summed E-state index contributed by atoms with van der Waals surface area (Å²) in [6.45, 7) is 7.17. The van der Waals surface area contributed by atoms with Crippen LogP contribution in [-0.2, 0) is 17.8 Å². The van der Waals surface area contributed by atoms with Crippen LogP contribution in [0.5, 0.6) is 5.75 Å². The summed E-state index contributed by atoms with van der Waals surface area (Å²) >= 11 is 0. The molecule has 2 fully saturated rings. The summed E-state index contributed by atoms with van der Waals surface area (Å²) in [6.07, 6.45) is 9.22. The van der Waals surface area contributed by atoms with Crippen LogP contribution in [0.4, 0.5) is 0 Å². The van der Waals surface area contributed by atoms with Gasteiger partial charge in [-0.25, -0.2) is 0 Å². The number of benzene rings is 1. The zero-order valence-corrected chi connectivity index (χ0v) is 17.6. The molecule has 2 aromatic rings. The quantitative estimate of drug-likeness (QED) is 0.731. The number of allylic oxidation sites excluding steroid dienone is 1. The van der Waals surface area contributed by atoms with Crippen molar-refractivity contribution in [1.29, 1.82) is 0 Å². The molecule has 4 atom stereocenters. The van der Waals surface area contributed by atoms with Crippen molar-refractivity contribution < 1.29 is 9.90 Å². The number of hydrogen-bond donors (Lipinski definition) is 1. The third-order valence-corrected chi connectivity index (χ3v) is 7.99. The molecule has 29 heavy (non-hydrogen) atoms. The molecular formula is C25H30N2O2. The number of phenolic OH excluding ortho intramolecular Hbond substituents is 1. The van der Waals surface area contributed by atoms with Gasteiger partial charge in [0.2, 0.25) is 0 Å². The van der Waals surface area contributed by atoms with E-state index in [1.54, 1.807) is 0 Å². The number of aromatic nitrogens is 2. The average Bonchev–Trinajstić information content (AvgIpc) is 3.19. The molecule has 3 aliphatic rings. The van der Waals surface area contributed by atoms with Crippen molar-refractivity contribution in [2.75, 3.05) is 0 Å². The van der Waals surface area contributed by atoms with E-state index in [4.69, 9.17) is 0 Å². The highest BCUT2D eigenvalue weighted by Crippen LogP contribution is 2.60. The molecular weight excluding hydrogens is 360 g/mol. The van der Waals surface area contributed by atoms with E-state index in [1.165, 1.54) is 11.1 Å². The Morgan fingerprint density at radius 3 is 2.93 bits per heavy atom. The summed E-state index contributed by atoms with van der Waals surface area (Å²) < 4.78 is 1.94. The van der Waals surface area contributed by atoms with Gasteiger partial charge >= 0.3 is 0 Å². The molecule has 4 heteroatoms. The van der Waals surface area contributed by atoms with Gasteiger partial charge in [-0.2, -0.15) is 5.10 Å². The summed E-state index contributed by atoms with van der Waals surface area (Å²) in [5.74, 6) is 2.23. The lowest BCUT2D eigenvalue weighted by molar-refractivity contribution is -0.127. The molecule has 5 rings (SSSR count). The molecule has 3 aliphatic carbocycles. The molecule has 0 saturated heterocycles. The van der Waals surface area contributed by atoms with Gasteiger partial charge in [0.1, 0.15) is 5.75 Å². The largest absolute Gasteiger partial charge is 0.508 e. The van der Waals surface area contributed by atoms with E-state index in [1.807, 2.05) is 23.7 Å². The Morgan fingerprint density at radius 2 is 2.17 bits per heavy atom. The fraction of sp³-hybridized carbons (Fsp3) is 0.520. The van der Waals surface area contributed by atoms with Crippen LogP contribution < -0.4 is 0 Å². The van der Waals surface area contributed by atoms with Gasteiger partial charge in [-0.1, -0.05) is 13.0 Å². The number of fused-ring (bicyclic) bond motifs is 5. The number of phenols is 1. The Morgan fingerprint density at radius 1 is 1.34 bits per heavy atom. The standard InChI is InChI=1S/C25H30N2O2/c1-4-27-14-18(15(2)26-27)11-17-13-23-22-7-5-16-12-19(28)6-8-20(16)21(22)9-10-25(23,3)24(17)29/h6,8,11-12,14,21-23,28H,4-5,7,9-10,13H2,1-3H3/b17-11-/t21-,22-,23-,25-/m0/s1. The third-order valence-electron chi connectivity index (χ3n) is 7.99. The van der Waals surface area contributed by atoms with Crippen molar-refractivity contribution in [3.8, 4) is 5.75 Å². The number of rotatable bonds is 2. The maximum absolute atomic E-state index is 13.5. The normalized spacial score (nSPS) is 32.2. The smallest absolute Gasteiger partial charge is 0.165 e. The topological polar surface area (TPSA) is 55.1 Å². The number of ketones is 1. The zero-order chi connectivity index (χ0) is 20.3. The van der Waals surface area contributed by atoms with E-state index in [-0.39, 0.29) is 5.41 Å². The van der Waals surface area contributed by atoms with Crippen molar-refractivity contribution in [3.63, 3.8) is 0 Å². The van der Waals surface area contributed by atoms with Crippen LogP contribution in [0.1, 0.15) is 67.8 Å². The monoisotopic (exact) mass is 390 g/mol. The number of Topliss-reactive ketones (excluding diaryl/α,β-unsaturated/α-hetero) is 1. The summed E-state index contributed by atoms with van der Waals surface area (Å²) in [5.41, 5.74) is 5.56. The van der Waals surface area contributed by atoms with Crippen LogP contribution in [0.15, 0.2) is 30.0 Å². The van der Waals surface area contributed by atoms with E-state index < -0.39 is 0 Å². The van der Waals surface area contributed by atoms with Gasteiger partial charge in [-0.05, 0) is 98.6 Å². The Bertz CT molecular complexity index is 1020. The third kappa shape index (κ3) is 2.79. The fourth-order valence-electron chi connectivity index (χ4n) is 6.39. The lowest BCUT2D eigenvalue weighted by atomic mass is 9.55. The van der Waals surface area contributed by atoms with Crippen LogP contribution >= 0.6 is 0 Å². The Hall–Kier alpha value is -2.36. The maximum Gasteiger partial charge on any atom is 0.165 e. The van der Waals surface area contributed by atoms with Crippen LogP contribution in [0.3, 0.4) is 0 Å². The van der Waals surface area contributed by atoms with E-state index >= 15 is 0 Å². The van der Waals surface area contributed by atoms with Crippen LogP contribution in [-0.4, -0.2) is 20.7 Å². The highest BCUT2D eigenvalue weighted by molar-refractivity contribution is 6.06. The second-order valence-electron chi connectivity index (χ2n) is 9.48. The molecule has 0 spiro atoms. The first-order chi connectivity index (χ1) is 13.9. The first kappa shape index (κ1) is 18.7. The number of carbonyl (C=O) groups excluding carboxylic acids is 1. The first-order valence-electron chi connectivity index (χ1n) is 11.0. The molecule has 1 heterocycles. The van der Waals surface area contributed by atoms with Gasteiger partial charge in [-0.15, -0.1) is 0 Å². The van der Waals surface area contributed by atoms with Gasteiger partial charge < -0.3 is 5.11 Å². The molecule has 0 unspecified atom stereocenters. The van der Waals surface area contributed by atoms with Gasteiger partial charge in [0.25, 0.3) is 0 Å². The fourth-order valence-corrected chi connectivity index (χ4v) is 6.39. The van der Waals surface area contributed by atoms with Crippen LogP contribution in [0.2, 0.25) is 0 Å². The zero-order valence-electron chi connectivity index (χ0n) is 17.6. The minimum Gasteiger partial charge on any atom is -0.508 e. The van der Waals surface area contributed by atoms with E-state index in [0.29, 0.717) is 29.3 Å². The van der Waals surface area contributed by atoms with Gasteiger partial charge in [0, 0.05) is 23.7 Å². The molecule has 2 saturated carbocycles. The number of aromatic hydroxyl groups is 1. The second-order valence-corrected chi connectivity index (χ2v) is 9.48. The molecule has 0 amide bonds. The van der Waals surface area contributed by atoms with Gasteiger partial charge in [0.05, 0.1) is 5.69 Å². The maximum atomic E-state index is 13.5. The van der Waals surface area contributed by atoms with Gasteiger partial charge in [0.15, 0.2) is 5.78 Å². The molecule has 1 aromatic carbocycles. The van der Waals surface area contributed by atoms with Crippen molar-refractivity contribution in [1.82, 2.24) is 9.78 Å². The number of hydrogen-bond acceptors (Lipinski definition) is 3. The Labute approximate surface area is 172 Å². The minimum atomic E-state index is -0.226. The molecule has 4 nitrogen and oxygen atoms in total. The molecule has 1 aromatic heterocycles. The summed E-state index contributed by atoms with van der Waals surface area (Å²) in [4.78, 5) is 13.5. The Balaban J connectivity index is 1.49. The molecule has 0 bridgehead atoms. The number of nitrogens with zero attached hydrogens (tertiary/aromatic N) is 2. The summed E-state index contributed by atoms with van der Waals surface area (Å²) in [5, 5.41) is 14.4. The van der Waals surface area contributed by atoms with E-state index in [9.17, 15) is 9.90 Å².